The van der Waals surface area contributed by atoms with Crippen molar-refractivity contribution in [2.75, 3.05) is 17.1 Å². The predicted octanol–water partition coefficient (Wildman–Crippen LogP) is 5.11. The van der Waals surface area contributed by atoms with Crippen LogP contribution in [0.1, 0.15) is 11.1 Å². The van der Waals surface area contributed by atoms with Crippen molar-refractivity contribution in [1.29, 1.82) is 0 Å². The van der Waals surface area contributed by atoms with Crippen molar-refractivity contribution in [2.45, 2.75) is 11.8 Å². The van der Waals surface area contributed by atoms with Gasteiger partial charge in [-0.25, -0.2) is 8.42 Å². The second-order valence-electron chi connectivity index (χ2n) is 6.68. The van der Waals surface area contributed by atoms with Crippen LogP contribution in [-0.2, 0) is 14.8 Å². The summed E-state index contributed by atoms with van der Waals surface area (Å²) in [5, 5.41) is 3.30. The molecular formula is C23H21ClN2O4S. The molecule has 0 saturated heterocycles. The molecule has 6 nitrogen and oxygen atoms in total. The number of nitrogens with one attached hydrogen (secondary N) is 2. The number of ether oxygens (including phenoxy) is 1. The fraction of sp³-hybridized carbons (Fsp3) is 0.0870. The lowest BCUT2D eigenvalue weighted by Crippen LogP contribution is -2.12. The van der Waals surface area contributed by atoms with E-state index in [9.17, 15) is 13.2 Å². The first kappa shape index (κ1) is 22.4. The normalized spacial score (nSPS) is 11.3. The Kier molecular flexibility index (Phi) is 6.99. The second kappa shape index (κ2) is 9.68. The van der Waals surface area contributed by atoms with Crippen molar-refractivity contribution >= 4 is 45.0 Å². The van der Waals surface area contributed by atoms with Gasteiger partial charge in [-0.2, -0.15) is 0 Å². The van der Waals surface area contributed by atoms with Crippen molar-refractivity contribution in [3.05, 3.63) is 89.0 Å². The molecule has 3 aromatic carbocycles. The largest absolute Gasteiger partial charge is 0.497 e. The number of carbonyl (C=O) groups excluding carboxylic acids is 1. The van der Waals surface area contributed by atoms with Gasteiger partial charge in [-0.15, -0.1) is 0 Å². The van der Waals surface area contributed by atoms with Crippen LogP contribution in [0.2, 0.25) is 5.02 Å². The third kappa shape index (κ3) is 6.10. The number of hydrogen-bond donors (Lipinski definition) is 2. The van der Waals surface area contributed by atoms with E-state index in [2.05, 4.69) is 10.0 Å². The van der Waals surface area contributed by atoms with Gasteiger partial charge in [-0.3, -0.25) is 9.52 Å². The standard InChI is InChI=1S/C23H21ClN2O4S/c1-16-3-7-18(24)15-22(16)25-23(27)14-6-17-4-12-21(13-5-17)31(28,29)26-19-8-10-20(30-2)11-9-19/h3-15,26H,1-2H3,(H,25,27)/b14-6+. The summed E-state index contributed by atoms with van der Waals surface area (Å²) in [5.41, 5.74) is 2.64. The highest BCUT2D eigenvalue weighted by Crippen LogP contribution is 2.21. The van der Waals surface area contributed by atoms with Crippen LogP contribution < -0.4 is 14.8 Å². The first-order valence-corrected chi connectivity index (χ1v) is 11.1. The number of halogens is 1. The third-order valence-electron chi connectivity index (χ3n) is 4.42. The molecule has 0 spiro atoms. The van der Waals surface area contributed by atoms with Gasteiger partial charge < -0.3 is 10.1 Å². The van der Waals surface area contributed by atoms with E-state index < -0.39 is 10.0 Å². The van der Waals surface area contributed by atoms with Crippen molar-refractivity contribution < 1.29 is 17.9 Å². The molecule has 0 aliphatic rings. The number of amides is 1. The Labute approximate surface area is 186 Å². The maximum Gasteiger partial charge on any atom is 0.261 e. The minimum Gasteiger partial charge on any atom is -0.497 e. The summed E-state index contributed by atoms with van der Waals surface area (Å²) in [6, 6.07) is 18.0. The number of aryl methyl sites for hydroxylation is 1. The monoisotopic (exact) mass is 456 g/mol. The van der Waals surface area contributed by atoms with Gasteiger partial charge in [0.05, 0.1) is 12.0 Å². The number of benzene rings is 3. The lowest BCUT2D eigenvalue weighted by molar-refractivity contribution is -0.111. The Hall–Kier alpha value is -3.29. The fourth-order valence-electron chi connectivity index (χ4n) is 2.71. The van der Waals surface area contributed by atoms with E-state index in [-0.39, 0.29) is 10.8 Å². The van der Waals surface area contributed by atoms with Gasteiger partial charge >= 0.3 is 0 Å². The molecule has 1 amide bonds. The summed E-state index contributed by atoms with van der Waals surface area (Å²) < 4.78 is 32.7. The molecule has 0 atom stereocenters. The minimum absolute atomic E-state index is 0.111. The van der Waals surface area contributed by atoms with Gasteiger partial charge in [0, 0.05) is 22.5 Å². The zero-order chi connectivity index (χ0) is 22.4. The molecule has 0 unspecified atom stereocenters. The van der Waals surface area contributed by atoms with E-state index in [4.69, 9.17) is 16.3 Å². The van der Waals surface area contributed by atoms with Crippen LogP contribution in [0.4, 0.5) is 11.4 Å². The zero-order valence-electron chi connectivity index (χ0n) is 16.9. The van der Waals surface area contributed by atoms with Crippen molar-refractivity contribution in [2.24, 2.45) is 0 Å². The smallest absolute Gasteiger partial charge is 0.261 e. The summed E-state index contributed by atoms with van der Waals surface area (Å²) in [6.07, 6.45) is 2.97. The molecule has 3 aromatic rings. The number of sulfonamides is 1. The molecule has 0 heterocycles. The third-order valence-corrected chi connectivity index (χ3v) is 6.05. The molecule has 0 radical (unpaired) electrons. The van der Waals surface area contributed by atoms with Crippen LogP contribution in [0.3, 0.4) is 0 Å². The number of methoxy groups -OCH3 is 1. The van der Waals surface area contributed by atoms with Gasteiger partial charge in [0.2, 0.25) is 5.91 Å². The summed E-state index contributed by atoms with van der Waals surface area (Å²) in [5.74, 6) is 0.317. The molecule has 0 saturated carbocycles. The maximum atomic E-state index is 12.6. The predicted molar refractivity (Wildman–Crippen MR) is 124 cm³/mol. The molecule has 160 valence electrons. The van der Waals surface area contributed by atoms with Crippen LogP contribution in [0.25, 0.3) is 6.08 Å². The molecule has 0 aromatic heterocycles. The average molecular weight is 457 g/mol. The topological polar surface area (TPSA) is 84.5 Å². The van der Waals surface area contributed by atoms with E-state index in [1.54, 1.807) is 54.6 Å². The Balaban J connectivity index is 1.65. The van der Waals surface area contributed by atoms with E-state index in [1.807, 2.05) is 13.0 Å². The highest BCUT2D eigenvalue weighted by atomic mass is 35.5. The van der Waals surface area contributed by atoms with Crippen molar-refractivity contribution in [3.63, 3.8) is 0 Å². The molecule has 0 fully saturated rings. The lowest BCUT2D eigenvalue weighted by atomic mass is 10.2. The minimum atomic E-state index is -3.74. The molecule has 3 rings (SSSR count). The van der Waals surface area contributed by atoms with Gasteiger partial charge in [0.15, 0.2) is 0 Å². The Bertz CT molecular complexity index is 1210. The molecule has 0 bridgehead atoms. The summed E-state index contributed by atoms with van der Waals surface area (Å²) >= 11 is 5.96. The van der Waals surface area contributed by atoms with E-state index in [1.165, 1.54) is 25.3 Å². The first-order valence-electron chi connectivity index (χ1n) is 9.29. The van der Waals surface area contributed by atoms with E-state index in [0.717, 1.165) is 5.56 Å². The Morgan fingerprint density at radius 3 is 2.32 bits per heavy atom. The van der Waals surface area contributed by atoms with Crippen LogP contribution in [0.15, 0.2) is 77.7 Å². The highest BCUT2D eigenvalue weighted by molar-refractivity contribution is 7.92. The average Bonchev–Trinajstić information content (AvgIpc) is 2.75. The lowest BCUT2D eigenvalue weighted by Gasteiger charge is -2.09. The van der Waals surface area contributed by atoms with Gasteiger partial charge in [0.25, 0.3) is 10.0 Å². The molecule has 0 aliphatic carbocycles. The molecule has 0 aliphatic heterocycles. The van der Waals surface area contributed by atoms with Gasteiger partial charge in [-0.1, -0.05) is 29.8 Å². The van der Waals surface area contributed by atoms with Gasteiger partial charge in [0.1, 0.15) is 5.75 Å². The summed E-state index contributed by atoms with van der Waals surface area (Å²) in [4.78, 5) is 12.3. The van der Waals surface area contributed by atoms with Crippen LogP contribution in [0, 0.1) is 6.92 Å². The Morgan fingerprint density at radius 1 is 1.00 bits per heavy atom. The van der Waals surface area contributed by atoms with Crippen LogP contribution >= 0.6 is 11.6 Å². The Morgan fingerprint density at radius 2 is 1.68 bits per heavy atom. The zero-order valence-corrected chi connectivity index (χ0v) is 18.5. The number of carbonyl (C=O) groups is 1. The molecular weight excluding hydrogens is 436 g/mol. The SMILES string of the molecule is COc1ccc(NS(=O)(=O)c2ccc(/C=C/C(=O)Nc3cc(Cl)ccc3C)cc2)cc1. The van der Waals surface area contributed by atoms with Crippen LogP contribution in [0.5, 0.6) is 5.75 Å². The number of anilines is 2. The van der Waals surface area contributed by atoms with Crippen molar-refractivity contribution in [1.82, 2.24) is 0 Å². The van der Waals surface area contributed by atoms with Gasteiger partial charge in [-0.05, 0) is 72.7 Å². The van der Waals surface area contributed by atoms with Crippen molar-refractivity contribution in [3.8, 4) is 5.75 Å². The fourth-order valence-corrected chi connectivity index (χ4v) is 3.94. The second-order valence-corrected chi connectivity index (χ2v) is 8.80. The van der Waals surface area contributed by atoms with Crippen LogP contribution in [-0.4, -0.2) is 21.4 Å². The van der Waals surface area contributed by atoms with E-state index in [0.29, 0.717) is 27.7 Å². The summed E-state index contributed by atoms with van der Waals surface area (Å²) in [7, 11) is -2.20. The quantitative estimate of drug-likeness (QED) is 0.484. The maximum absolute atomic E-state index is 12.6. The number of hydrogen-bond acceptors (Lipinski definition) is 4. The highest BCUT2D eigenvalue weighted by Gasteiger charge is 2.14. The van der Waals surface area contributed by atoms with E-state index >= 15 is 0 Å². The first-order chi connectivity index (χ1) is 14.8. The summed E-state index contributed by atoms with van der Waals surface area (Å²) in [6.45, 7) is 1.87. The molecule has 2 N–H and O–H groups in total. The molecule has 8 heteroatoms. The number of rotatable bonds is 7. The molecule has 31 heavy (non-hydrogen) atoms.